The lowest BCUT2D eigenvalue weighted by atomic mass is 10.2. The van der Waals surface area contributed by atoms with E-state index in [2.05, 4.69) is 28.0 Å². The van der Waals surface area contributed by atoms with Crippen molar-refractivity contribution in [3.05, 3.63) is 30.1 Å². The topological polar surface area (TPSA) is 23.8 Å². The highest BCUT2D eigenvalue weighted by atomic mass is 35.5. The smallest absolute Gasteiger partial charge is 0.152 e. The van der Waals surface area contributed by atoms with Crippen LogP contribution in [-0.2, 0) is 5.88 Å². The van der Waals surface area contributed by atoms with Gasteiger partial charge in [0.2, 0.25) is 0 Å². The van der Waals surface area contributed by atoms with Crippen molar-refractivity contribution >= 4 is 23.1 Å². The highest BCUT2D eigenvalue weighted by Gasteiger charge is 2.23. The highest BCUT2D eigenvalue weighted by molar-refractivity contribution is 6.17. The van der Waals surface area contributed by atoms with E-state index in [0.717, 1.165) is 43.3 Å². The standard InChI is InChI=1S/C15H21ClN4/c1-12(2)18-7-9-19(10-8-18)15-13(11-16)20-6-4-3-5-14(20)17-15/h3-6,12H,7-11H2,1-2H3. The molecule has 108 valence electrons. The summed E-state index contributed by atoms with van der Waals surface area (Å²) in [5.41, 5.74) is 2.07. The second-order valence-corrected chi connectivity index (χ2v) is 5.83. The van der Waals surface area contributed by atoms with Crippen LogP contribution in [0.5, 0.6) is 0 Å². The summed E-state index contributed by atoms with van der Waals surface area (Å²) < 4.78 is 2.09. The van der Waals surface area contributed by atoms with Crippen molar-refractivity contribution in [2.75, 3.05) is 31.1 Å². The summed E-state index contributed by atoms with van der Waals surface area (Å²) in [5.74, 6) is 1.54. The van der Waals surface area contributed by atoms with Gasteiger partial charge in [-0.2, -0.15) is 0 Å². The van der Waals surface area contributed by atoms with E-state index in [0.29, 0.717) is 11.9 Å². The first-order valence-corrected chi connectivity index (χ1v) is 7.75. The molecule has 4 nitrogen and oxygen atoms in total. The second-order valence-electron chi connectivity index (χ2n) is 5.56. The molecular formula is C15H21ClN4. The van der Waals surface area contributed by atoms with Crippen LogP contribution >= 0.6 is 11.6 Å². The Morgan fingerprint density at radius 2 is 1.95 bits per heavy atom. The van der Waals surface area contributed by atoms with Crippen LogP contribution in [0.2, 0.25) is 0 Å². The molecule has 0 spiro atoms. The zero-order chi connectivity index (χ0) is 14.1. The number of rotatable bonds is 3. The molecule has 3 rings (SSSR count). The summed E-state index contributed by atoms with van der Waals surface area (Å²) in [4.78, 5) is 9.63. The van der Waals surface area contributed by atoms with Crippen LogP contribution in [0, 0.1) is 0 Å². The van der Waals surface area contributed by atoms with Gasteiger partial charge < -0.3 is 9.30 Å². The number of fused-ring (bicyclic) bond motifs is 1. The summed E-state index contributed by atoms with van der Waals surface area (Å²) in [6.07, 6.45) is 2.04. The first kappa shape index (κ1) is 13.7. The Kier molecular flexibility index (Phi) is 3.85. The first-order valence-electron chi connectivity index (χ1n) is 7.21. The number of piperazine rings is 1. The zero-order valence-corrected chi connectivity index (χ0v) is 12.8. The van der Waals surface area contributed by atoms with E-state index in [9.17, 15) is 0 Å². The molecule has 0 saturated carbocycles. The number of nitrogens with zero attached hydrogens (tertiary/aromatic N) is 4. The molecule has 20 heavy (non-hydrogen) atoms. The van der Waals surface area contributed by atoms with Crippen molar-refractivity contribution < 1.29 is 0 Å². The van der Waals surface area contributed by atoms with Gasteiger partial charge in [-0.05, 0) is 26.0 Å². The van der Waals surface area contributed by atoms with E-state index in [1.165, 1.54) is 0 Å². The third kappa shape index (κ3) is 2.38. The number of alkyl halides is 1. The van der Waals surface area contributed by atoms with Crippen LogP contribution in [0.15, 0.2) is 24.4 Å². The average Bonchev–Trinajstić information content (AvgIpc) is 2.85. The minimum absolute atomic E-state index is 0.491. The summed E-state index contributed by atoms with van der Waals surface area (Å²) in [7, 11) is 0. The number of aromatic nitrogens is 2. The van der Waals surface area contributed by atoms with Crippen molar-refractivity contribution in [3.8, 4) is 0 Å². The molecule has 3 heterocycles. The molecule has 0 bridgehead atoms. The summed E-state index contributed by atoms with van der Waals surface area (Å²) in [6.45, 7) is 8.73. The van der Waals surface area contributed by atoms with Gasteiger partial charge in [-0.1, -0.05) is 6.07 Å². The van der Waals surface area contributed by atoms with Crippen LogP contribution in [0.25, 0.3) is 5.65 Å². The molecular weight excluding hydrogens is 272 g/mol. The fourth-order valence-corrected chi connectivity index (χ4v) is 3.11. The molecule has 0 aliphatic carbocycles. The lowest BCUT2D eigenvalue weighted by Gasteiger charge is -2.37. The second kappa shape index (κ2) is 5.62. The fourth-order valence-electron chi connectivity index (χ4n) is 2.86. The molecule has 0 unspecified atom stereocenters. The third-order valence-corrected chi connectivity index (χ3v) is 4.33. The summed E-state index contributed by atoms with van der Waals surface area (Å²) in [5, 5.41) is 0. The fraction of sp³-hybridized carbons (Fsp3) is 0.533. The predicted octanol–water partition coefficient (Wildman–Crippen LogP) is 2.60. The lowest BCUT2D eigenvalue weighted by Crippen LogP contribution is -2.49. The van der Waals surface area contributed by atoms with Crippen LogP contribution in [-0.4, -0.2) is 46.5 Å². The van der Waals surface area contributed by atoms with Crippen molar-refractivity contribution in [2.24, 2.45) is 0 Å². The maximum atomic E-state index is 6.15. The van der Waals surface area contributed by atoms with Gasteiger partial charge in [0.15, 0.2) is 5.82 Å². The molecule has 2 aromatic rings. The Hall–Kier alpha value is -1.26. The van der Waals surface area contributed by atoms with Gasteiger partial charge in [-0.15, -0.1) is 11.6 Å². The van der Waals surface area contributed by atoms with E-state index in [1.807, 2.05) is 24.4 Å². The molecule has 5 heteroatoms. The van der Waals surface area contributed by atoms with Gasteiger partial charge in [0.1, 0.15) is 5.65 Å². The van der Waals surface area contributed by atoms with Gasteiger partial charge in [-0.3, -0.25) is 4.90 Å². The molecule has 2 aromatic heterocycles. The average molecular weight is 293 g/mol. The summed E-state index contributed by atoms with van der Waals surface area (Å²) in [6, 6.07) is 6.68. The zero-order valence-electron chi connectivity index (χ0n) is 12.1. The minimum atomic E-state index is 0.491. The Morgan fingerprint density at radius 3 is 2.60 bits per heavy atom. The van der Waals surface area contributed by atoms with Crippen LogP contribution in [0.3, 0.4) is 0 Å². The lowest BCUT2D eigenvalue weighted by molar-refractivity contribution is 0.209. The number of imidazole rings is 1. The minimum Gasteiger partial charge on any atom is -0.352 e. The van der Waals surface area contributed by atoms with Crippen molar-refractivity contribution in [1.82, 2.24) is 14.3 Å². The van der Waals surface area contributed by atoms with Gasteiger partial charge in [0, 0.05) is 38.4 Å². The number of hydrogen-bond donors (Lipinski definition) is 0. The molecule has 0 amide bonds. The maximum Gasteiger partial charge on any atom is 0.152 e. The quantitative estimate of drug-likeness (QED) is 0.813. The van der Waals surface area contributed by atoms with E-state index in [4.69, 9.17) is 16.6 Å². The van der Waals surface area contributed by atoms with Crippen LogP contribution in [0.4, 0.5) is 5.82 Å². The molecule has 0 N–H and O–H groups in total. The third-order valence-electron chi connectivity index (χ3n) is 4.08. The van der Waals surface area contributed by atoms with Crippen molar-refractivity contribution in [3.63, 3.8) is 0 Å². The van der Waals surface area contributed by atoms with Crippen molar-refractivity contribution in [2.45, 2.75) is 25.8 Å². The Bertz CT molecular complexity index is 585. The summed E-state index contributed by atoms with van der Waals surface area (Å²) >= 11 is 6.15. The number of anilines is 1. The van der Waals surface area contributed by atoms with E-state index in [1.54, 1.807) is 0 Å². The SMILES string of the molecule is CC(C)N1CCN(c2nc3ccccn3c2CCl)CC1. The normalized spacial score (nSPS) is 17.3. The molecule has 1 aliphatic heterocycles. The maximum absolute atomic E-state index is 6.15. The van der Waals surface area contributed by atoms with Gasteiger partial charge in [0.25, 0.3) is 0 Å². The van der Waals surface area contributed by atoms with Crippen LogP contribution in [0.1, 0.15) is 19.5 Å². The monoisotopic (exact) mass is 292 g/mol. The molecule has 1 fully saturated rings. The molecule has 0 aromatic carbocycles. The van der Waals surface area contributed by atoms with Crippen molar-refractivity contribution in [1.29, 1.82) is 0 Å². The highest BCUT2D eigenvalue weighted by Crippen LogP contribution is 2.24. The largest absolute Gasteiger partial charge is 0.352 e. The van der Waals surface area contributed by atoms with Gasteiger partial charge >= 0.3 is 0 Å². The Labute approximate surface area is 125 Å². The molecule has 0 radical (unpaired) electrons. The van der Waals surface area contributed by atoms with E-state index < -0.39 is 0 Å². The number of pyridine rings is 1. The first-order chi connectivity index (χ1) is 9.70. The predicted molar refractivity (Wildman–Crippen MR) is 83.7 cm³/mol. The van der Waals surface area contributed by atoms with Gasteiger partial charge in [0.05, 0.1) is 11.6 Å². The molecule has 1 aliphatic rings. The molecule has 1 saturated heterocycles. The Balaban J connectivity index is 1.87. The van der Waals surface area contributed by atoms with E-state index >= 15 is 0 Å². The number of halogens is 1. The van der Waals surface area contributed by atoms with Crippen LogP contribution < -0.4 is 4.90 Å². The van der Waals surface area contributed by atoms with Gasteiger partial charge in [-0.25, -0.2) is 4.98 Å². The Morgan fingerprint density at radius 1 is 1.20 bits per heavy atom. The molecule has 0 atom stereocenters. The van der Waals surface area contributed by atoms with E-state index in [-0.39, 0.29) is 0 Å². The number of hydrogen-bond acceptors (Lipinski definition) is 3.